The van der Waals surface area contributed by atoms with Crippen molar-refractivity contribution in [2.24, 2.45) is 22.7 Å². The molecular formula is C22H32O2S. The van der Waals surface area contributed by atoms with Crippen molar-refractivity contribution in [3.63, 3.8) is 0 Å². The summed E-state index contributed by atoms with van der Waals surface area (Å²) in [4.78, 5) is 12.8. The van der Waals surface area contributed by atoms with Crippen molar-refractivity contribution >= 4 is 17.5 Å². The molecule has 3 rings (SSSR count). The van der Waals surface area contributed by atoms with Gasteiger partial charge in [0, 0.05) is 22.8 Å². The summed E-state index contributed by atoms with van der Waals surface area (Å²) in [6.45, 7) is 8.75. The van der Waals surface area contributed by atoms with Crippen LogP contribution < -0.4 is 0 Å². The highest BCUT2D eigenvalue weighted by molar-refractivity contribution is 7.99. The van der Waals surface area contributed by atoms with Crippen molar-refractivity contribution in [1.82, 2.24) is 0 Å². The van der Waals surface area contributed by atoms with Crippen molar-refractivity contribution in [1.29, 1.82) is 0 Å². The van der Waals surface area contributed by atoms with Crippen LogP contribution in [0.3, 0.4) is 0 Å². The van der Waals surface area contributed by atoms with Crippen molar-refractivity contribution in [3.8, 4) is 0 Å². The zero-order valence-electron chi connectivity index (χ0n) is 16.0. The maximum atomic E-state index is 12.8. The smallest absolute Gasteiger partial charge is 0.140 e. The fourth-order valence-corrected chi connectivity index (χ4v) is 6.66. The van der Waals surface area contributed by atoms with Gasteiger partial charge in [0.05, 0.1) is 6.10 Å². The number of fused-ring (bicyclic) bond motifs is 2. The van der Waals surface area contributed by atoms with Crippen molar-refractivity contribution < 1.29 is 9.90 Å². The number of Topliss-reactive ketones (excluding diaryl/α,β-unsaturated/α-hetero) is 1. The van der Waals surface area contributed by atoms with Crippen molar-refractivity contribution in [2.45, 2.75) is 64.7 Å². The third kappa shape index (κ3) is 3.30. The molecule has 4 atom stereocenters. The lowest BCUT2D eigenvalue weighted by atomic mass is 9.70. The first-order valence-corrected chi connectivity index (χ1v) is 10.7. The van der Waals surface area contributed by atoms with Crippen molar-refractivity contribution in [2.75, 3.05) is 5.75 Å². The number of ketones is 1. The lowest BCUT2D eigenvalue weighted by molar-refractivity contribution is -0.127. The molecule has 2 saturated carbocycles. The van der Waals surface area contributed by atoms with E-state index in [1.54, 1.807) is 0 Å². The molecule has 0 saturated heterocycles. The molecule has 2 fully saturated rings. The zero-order chi connectivity index (χ0) is 18.2. The summed E-state index contributed by atoms with van der Waals surface area (Å²) < 4.78 is 0. The Morgan fingerprint density at radius 2 is 1.92 bits per heavy atom. The monoisotopic (exact) mass is 360 g/mol. The molecule has 0 spiro atoms. The Bertz CT molecular complexity index is 610. The Labute approximate surface area is 156 Å². The minimum atomic E-state index is -0.307. The first-order valence-electron chi connectivity index (χ1n) is 9.66. The largest absolute Gasteiger partial charge is 0.393 e. The molecule has 2 aliphatic carbocycles. The molecular weight excluding hydrogens is 328 g/mol. The molecule has 2 aliphatic rings. The minimum absolute atomic E-state index is 0.120. The number of aliphatic hydroxyl groups excluding tert-OH is 1. The van der Waals surface area contributed by atoms with Gasteiger partial charge in [-0.2, -0.15) is 11.8 Å². The van der Waals surface area contributed by atoms with Gasteiger partial charge in [0.15, 0.2) is 0 Å². The SMILES string of the molecule is CC(C)[C@@H](O)C[C@@H](SC[C@]12CC[C@H](CC1=O)C2(C)C)c1ccccc1. The normalized spacial score (nSPS) is 30.0. The van der Waals surface area contributed by atoms with Gasteiger partial charge in [-0.15, -0.1) is 0 Å². The molecule has 2 bridgehead atoms. The van der Waals surface area contributed by atoms with E-state index in [1.807, 2.05) is 17.8 Å². The third-order valence-electron chi connectivity index (χ3n) is 7.07. The van der Waals surface area contributed by atoms with E-state index in [9.17, 15) is 9.90 Å². The second-order valence-corrected chi connectivity index (χ2v) is 10.1. The second kappa shape index (κ2) is 7.08. The summed E-state index contributed by atoms with van der Waals surface area (Å²) in [6, 6.07) is 10.5. The summed E-state index contributed by atoms with van der Waals surface area (Å²) in [5.41, 5.74) is 1.23. The Balaban J connectivity index is 1.78. The van der Waals surface area contributed by atoms with Gasteiger partial charge in [0.2, 0.25) is 0 Å². The topological polar surface area (TPSA) is 37.3 Å². The fourth-order valence-electron chi connectivity index (χ4n) is 4.81. The highest BCUT2D eigenvalue weighted by atomic mass is 32.2. The maximum absolute atomic E-state index is 12.8. The Hall–Kier alpha value is -0.800. The van der Waals surface area contributed by atoms with Gasteiger partial charge in [-0.3, -0.25) is 4.79 Å². The van der Waals surface area contributed by atoms with Crippen LogP contribution in [0, 0.1) is 22.7 Å². The van der Waals surface area contributed by atoms with Crippen LogP contribution in [0.5, 0.6) is 0 Å². The van der Waals surface area contributed by atoms with E-state index in [0.717, 1.165) is 25.0 Å². The van der Waals surface area contributed by atoms with Gasteiger partial charge < -0.3 is 5.11 Å². The van der Waals surface area contributed by atoms with E-state index in [-0.39, 0.29) is 28.1 Å². The molecule has 25 heavy (non-hydrogen) atoms. The first kappa shape index (κ1) is 19.0. The molecule has 0 amide bonds. The highest BCUT2D eigenvalue weighted by Crippen LogP contribution is 2.65. The van der Waals surface area contributed by atoms with Crippen LogP contribution in [-0.2, 0) is 4.79 Å². The number of thioether (sulfide) groups is 1. The number of carbonyl (C=O) groups excluding carboxylic acids is 1. The molecule has 0 unspecified atom stereocenters. The molecule has 0 aliphatic heterocycles. The minimum Gasteiger partial charge on any atom is -0.393 e. The van der Waals surface area contributed by atoms with Crippen LogP contribution >= 0.6 is 11.8 Å². The highest BCUT2D eigenvalue weighted by Gasteiger charge is 2.63. The van der Waals surface area contributed by atoms with E-state index in [1.165, 1.54) is 12.0 Å². The molecule has 2 nitrogen and oxygen atoms in total. The van der Waals surface area contributed by atoms with Crippen LogP contribution in [0.15, 0.2) is 30.3 Å². The Morgan fingerprint density at radius 3 is 2.44 bits per heavy atom. The molecule has 0 aromatic heterocycles. The third-order valence-corrected chi connectivity index (χ3v) is 8.59. The molecule has 0 radical (unpaired) electrons. The summed E-state index contributed by atoms with van der Waals surface area (Å²) in [5.74, 6) is 2.19. The summed E-state index contributed by atoms with van der Waals surface area (Å²) in [7, 11) is 0. The number of hydrogen-bond acceptors (Lipinski definition) is 3. The average Bonchev–Trinajstić information content (AvgIpc) is 2.93. The van der Waals surface area contributed by atoms with E-state index < -0.39 is 0 Å². The van der Waals surface area contributed by atoms with Gasteiger partial charge in [0.25, 0.3) is 0 Å². The van der Waals surface area contributed by atoms with E-state index in [4.69, 9.17) is 0 Å². The standard InChI is InChI=1S/C22H32O2S/c1-15(2)18(23)13-19(16-8-6-5-7-9-16)25-14-22-11-10-17(12-20(22)24)21(22,3)4/h5-9,15,17-19,23H,10-14H2,1-4H3/t17-,18+,19-,22-/m1/s1. The molecule has 138 valence electrons. The van der Waals surface area contributed by atoms with Gasteiger partial charge in [0.1, 0.15) is 5.78 Å². The number of benzene rings is 1. The predicted octanol–water partition coefficient (Wildman–Crippen LogP) is 5.26. The van der Waals surface area contributed by atoms with Crippen molar-refractivity contribution in [3.05, 3.63) is 35.9 Å². The molecule has 0 heterocycles. The quantitative estimate of drug-likeness (QED) is 0.720. The average molecular weight is 361 g/mol. The van der Waals surface area contributed by atoms with Crippen LogP contribution in [0.2, 0.25) is 0 Å². The lowest BCUT2D eigenvalue weighted by Gasteiger charge is -2.37. The first-order chi connectivity index (χ1) is 11.8. The van der Waals surface area contributed by atoms with Crippen LogP contribution in [0.25, 0.3) is 0 Å². The molecule has 1 aromatic rings. The Kier molecular flexibility index (Phi) is 5.37. The summed E-state index contributed by atoms with van der Waals surface area (Å²) >= 11 is 1.89. The van der Waals surface area contributed by atoms with E-state index >= 15 is 0 Å². The molecule has 1 N–H and O–H groups in total. The predicted molar refractivity (Wildman–Crippen MR) is 106 cm³/mol. The van der Waals surface area contributed by atoms with Crippen LogP contribution in [-0.4, -0.2) is 22.7 Å². The van der Waals surface area contributed by atoms with Gasteiger partial charge in [-0.25, -0.2) is 0 Å². The Morgan fingerprint density at radius 1 is 1.24 bits per heavy atom. The van der Waals surface area contributed by atoms with Crippen LogP contribution in [0.1, 0.15) is 64.2 Å². The van der Waals surface area contributed by atoms with Gasteiger partial charge >= 0.3 is 0 Å². The summed E-state index contributed by atoms with van der Waals surface area (Å²) in [5, 5.41) is 10.7. The number of rotatable bonds is 7. The molecule has 3 heteroatoms. The van der Waals surface area contributed by atoms with Gasteiger partial charge in [-0.1, -0.05) is 58.0 Å². The van der Waals surface area contributed by atoms with E-state index in [0.29, 0.717) is 11.7 Å². The maximum Gasteiger partial charge on any atom is 0.140 e. The number of carbonyl (C=O) groups is 1. The van der Waals surface area contributed by atoms with Crippen LogP contribution in [0.4, 0.5) is 0 Å². The summed E-state index contributed by atoms with van der Waals surface area (Å²) in [6.07, 6.45) is 3.46. The number of aliphatic hydroxyl groups is 1. The zero-order valence-corrected chi connectivity index (χ0v) is 16.8. The van der Waals surface area contributed by atoms with E-state index in [2.05, 4.69) is 52.0 Å². The lowest BCUT2D eigenvalue weighted by Crippen LogP contribution is -2.38. The van der Waals surface area contributed by atoms with Gasteiger partial charge in [-0.05, 0) is 42.1 Å². The number of hydrogen-bond donors (Lipinski definition) is 1. The molecule has 1 aromatic carbocycles. The second-order valence-electron chi connectivity index (χ2n) is 8.92. The fraction of sp³-hybridized carbons (Fsp3) is 0.682.